The highest BCUT2D eigenvalue weighted by molar-refractivity contribution is 7.83. The highest BCUT2D eigenvalue weighted by atomic mass is 32.2. The summed E-state index contributed by atoms with van der Waals surface area (Å²) in [5.74, 6) is 0.354. The summed E-state index contributed by atoms with van der Waals surface area (Å²) in [6.45, 7) is 3.74. The normalized spacial score (nSPS) is 21.4. The van der Waals surface area contributed by atoms with Gasteiger partial charge in [-0.15, -0.1) is 13.2 Å². The molecule has 9 heteroatoms. The van der Waals surface area contributed by atoms with Crippen LogP contribution in [0.3, 0.4) is 0 Å². The molecule has 0 fully saturated rings. The number of pyridine rings is 1. The van der Waals surface area contributed by atoms with Gasteiger partial charge in [0.2, 0.25) is 0 Å². The Hall–Kier alpha value is -2.13. The van der Waals surface area contributed by atoms with E-state index in [1.807, 2.05) is 0 Å². The molecule has 1 aromatic carbocycles. The van der Waals surface area contributed by atoms with Crippen molar-refractivity contribution in [2.75, 3.05) is 6.61 Å². The van der Waals surface area contributed by atoms with E-state index in [0.717, 1.165) is 5.56 Å². The fourth-order valence-corrected chi connectivity index (χ4v) is 4.13. The predicted molar refractivity (Wildman–Crippen MR) is 99.4 cm³/mol. The highest BCUT2D eigenvalue weighted by Gasteiger charge is 2.43. The first kappa shape index (κ1) is 20.6. The van der Waals surface area contributed by atoms with Crippen molar-refractivity contribution in [2.45, 2.75) is 43.7 Å². The van der Waals surface area contributed by atoms with Crippen LogP contribution in [0.2, 0.25) is 0 Å². The summed E-state index contributed by atoms with van der Waals surface area (Å²) in [7, 11) is -1.55. The lowest BCUT2D eigenvalue weighted by Crippen LogP contribution is -2.39. The van der Waals surface area contributed by atoms with Crippen LogP contribution in [0.1, 0.15) is 36.6 Å². The summed E-state index contributed by atoms with van der Waals surface area (Å²) in [5, 5.41) is 5.26. The number of hydrogen-bond acceptors (Lipinski definition) is 4. The van der Waals surface area contributed by atoms with Gasteiger partial charge in [0.05, 0.1) is 23.3 Å². The Morgan fingerprint density at radius 2 is 2.14 bits per heavy atom. The quantitative estimate of drug-likeness (QED) is 0.809. The second-order valence-corrected chi connectivity index (χ2v) is 8.36. The van der Waals surface area contributed by atoms with Gasteiger partial charge in [-0.25, -0.2) is 4.21 Å². The first-order valence-electron chi connectivity index (χ1n) is 8.72. The molecule has 2 aromatic rings. The van der Waals surface area contributed by atoms with Gasteiger partial charge in [-0.2, -0.15) is 0 Å². The molecule has 3 atom stereocenters. The second-order valence-electron chi connectivity index (χ2n) is 6.90. The molecule has 1 aliphatic heterocycles. The first-order valence-corrected chi connectivity index (χ1v) is 10.0. The smallest absolute Gasteiger partial charge is 0.492 e. The number of aromatic nitrogens is 1. The van der Waals surface area contributed by atoms with Crippen LogP contribution in [0, 0.1) is 6.92 Å². The number of hydrogen-bond donors (Lipinski definition) is 1. The van der Waals surface area contributed by atoms with Crippen LogP contribution in [0.15, 0.2) is 36.5 Å². The van der Waals surface area contributed by atoms with Crippen LogP contribution in [0.5, 0.6) is 11.5 Å². The van der Waals surface area contributed by atoms with E-state index >= 15 is 0 Å². The van der Waals surface area contributed by atoms with Crippen LogP contribution >= 0.6 is 0 Å². The maximum atomic E-state index is 12.6. The largest absolute Gasteiger partial charge is 0.573 e. The van der Waals surface area contributed by atoms with Crippen molar-refractivity contribution in [3.8, 4) is 11.5 Å². The third-order valence-electron chi connectivity index (χ3n) is 5.00. The van der Waals surface area contributed by atoms with E-state index in [9.17, 15) is 17.4 Å². The van der Waals surface area contributed by atoms with Crippen LogP contribution in [0.4, 0.5) is 13.2 Å². The molecule has 28 heavy (non-hydrogen) atoms. The number of rotatable bonds is 5. The summed E-state index contributed by atoms with van der Waals surface area (Å²) in [6, 6.07) is 8.13. The van der Waals surface area contributed by atoms with Gasteiger partial charge in [0.25, 0.3) is 0 Å². The number of nitrogens with zero attached hydrogens (tertiary/aromatic N) is 1. The van der Waals surface area contributed by atoms with Gasteiger partial charge in [-0.05, 0) is 56.0 Å². The monoisotopic (exact) mass is 414 g/mol. The van der Waals surface area contributed by atoms with E-state index in [1.54, 1.807) is 44.3 Å². The van der Waals surface area contributed by atoms with Crippen LogP contribution in [0.25, 0.3) is 0 Å². The fourth-order valence-electron chi connectivity index (χ4n) is 3.68. The second kappa shape index (κ2) is 7.71. The summed E-state index contributed by atoms with van der Waals surface area (Å²) < 4.78 is 59.5. The topological polar surface area (TPSA) is 74.4 Å². The molecule has 0 radical (unpaired) electrons. The number of nitrogens with two attached hydrogens (primary N) is 1. The van der Waals surface area contributed by atoms with Gasteiger partial charge in [0.1, 0.15) is 11.5 Å². The molecule has 0 spiro atoms. The molecule has 3 rings (SSSR count). The summed E-state index contributed by atoms with van der Waals surface area (Å²) in [4.78, 5) is 4.50. The van der Waals surface area contributed by atoms with Crippen molar-refractivity contribution >= 4 is 11.0 Å². The molecule has 152 valence electrons. The lowest BCUT2D eigenvalue weighted by molar-refractivity contribution is -0.274. The zero-order chi connectivity index (χ0) is 20.5. The first-order chi connectivity index (χ1) is 13.1. The number of halogens is 3. The maximum absolute atomic E-state index is 12.6. The van der Waals surface area contributed by atoms with Gasteiger partial charge in [0, 0.05) is 16.9 Å². The molecule has 0 saturated carbocycles. The molecular formula is C19H21F3N2O3S. The van der Waals surface area contributed by atoms with Crippen molar-refractivity contribution in [1.82, 2.24) is 4.98 Å². The Morgan fingerprint density at radius 1 is 1.39 bits per heavy atom. The van der Waals surface area contributed by atoms with Gasteiger partial charge >= 0.3 is 6.36 Å². The van der Waals surface area contributed by atoms with Crippen molar-refractivity contribution in [2.24, 2.45) is 5.14 Å². The molecule has 0 amide bonds. The number of fused-ring (bicyclic) bond motifs is 1. The van der Waals surface area contributed by atoms with Gasteiger partial charge in [0.15, 0.2) is 0 Å². The minimum absolute atomic E-state index is 0.254. The minimum Gasteiger partial charge on any atom is -0.492 e. The molecule has 5 nitrogen and oxygen atoms in total. The average Bonchev–Trinajstić information content (AvgIpc) is 2.62. The number of alkyl halides is 3. The van der Waals surface area contributed by atoms with Gasteiger partial charge < -0.3 is 9.47 Å². The Morgan fingerprint density at radius 3 is 2.79 bits per heavy atom. The number of benzene rings is 1. The van der Waals surface area contributed by atoms with E-state index in [0.29, 0.717) is 36.5 Å². The standard InChI is InChI=1S/C19H21F3N2O3S/c1-12-10-14(5-6-15(12)27-19(20,21)22)18(11-13(2)28(23)25)7-9-26-16-4-3-8-24-17(16)18/h3-6,8,10,13H,7,9,11,23H2,1-2H3/t13?,18-,28?/m0/s1. The van der Waals surface area contributed by atoms with Gasteiger partial charge in [-0.1, -0.05) is 12.1 Å². The Bertz CT molecular complexity index is 891. The van der Waals surface area contributed by atoms with E-state index in [2.05, 4.69) is 9.72 Å². The average molecular weight is 414 g/mol. The fraction of sp³-hybridized carbons (Fsp3) is 0.421. The Balaban J connectivity index is 2.11. The molecule has 2 heterocycles. The third kappa shape index (κ3) is 4.15. The predicted octanol–water partition coefficient (Wildman–Crippen LogP) is 3.76. The van der Waals surface area contributed by atoms with Crippen LogP contribution < -0.4 is 14.6 Å². The number of ether oxygens (including phenoxy) is 2. The van der Waals surface area contributed by atoms with E-state index < -0.39 is 22.8 Å². The third-order valence-corrected chi connectivity index (χ3v) is 5.96. The maximum Gasteiger partial charge on any atom is 0.573 e. The summed E-state index contributed by atoms with van der Waals surface area (Å²) >= 11 is 0. The zero-order valence-electron chi connectivity index (χ0n) is 15.5. The summed E-state index contributed by atoms with van der Waals surface area (Å²) in [5.41, 5.74) is 1.10. The molecule has 0 saturated heterocycles. The molecule has 1 aromatic heterocycles. The summed E-state index contributed by atoms with van der Waals surface area (Å²) in [6.07, 6.45) is -2.16. The van der Waals surface area contributed by atoms with Crippen molar-refractivity contribution in [1.29, 1.82) is 0 Å². The van der Waals surface area contributed by atoms with Crippen molar-refractivity contribution < 1.29 is 26.9 Å². The lowest BCUT2D eigenvalue weighted by atomic mass is 9.70. The van der Waals surface area contributed by atoms with Crippen LogP contribution in [-0.4, -0.2) is 27.4 Å². The van der Waals surface area contributed by atoms with E-state index in [4.69, 9.17) is 9.88 Å². The zero-order valence-corrected chi connectivity index (χ0v) is 16.3. The lowest BCUT2D eigenvalue weighted by Gasteiger charge is -2.40. The molecule has 0 aliphatic carbocycles. The molecule has 2 N–H and O–H groups in total. The van der Waals surface area contributed by atoms with Crippen molar-refractivity contribution in [3.05, 3.63) is 53.3 Å². The van der Waals surface area contributed by atoms with Crippen LogP contribution in [-0.2, 0) is 16.4 Å². The molecular weight excluding hydrogens is 393 g/mol. The Labute approximate surface area is 163 Å². The minimum atomic E-state index is -4.76. The van der Waals surface area contributed by atoms with E-state index in [1.165, 1.54) is 6.07 Å². The highest BCUT2D eigenvalue weighted by Crippen LogP contribution is 2.47. The number of aryl methyl sites for hydroxylation is 1. The van der Waals surface area contributed by atoms with Crippen molar-refractivity contribution in [3.63, 3.8) is 0 Å². The molecule has 0 bridgehead atoms. The SMILES string of the molecule is Cc1cc([C@@]2(CC(C)S(N)=O)CCOc3cccnc32)ccc1OC(F)(F)F. The molecule has 1 aliphatic rings. The Kier molecular flexibility index (Phi) is 5.67. The van der Waals surface area contributed by atoms with E-state index in [-0.39, 0.29) is 11.0 Å². The molecule has 2 unspecified atom stereocenters. The van der Waals surface area contributed by atoms with Gasteiger partial charge in [-0.3, -0.25) is 10.1 Å².